The van der Waals surface area contributed by atoms with Crippen LogP contribution in [0.2, 0.25) is 0 Å². The van der Waals surface area contributed by atoms with Crippen molar-refractivity contribution in [1.82, 2.24) is 10.2 Å². The van der Waals surface area contributed by atoms with Crippen molar-refractivity contribution in [2.75, 3.05) is 13.6 Å². The smallest absolute Gasteiger partial charge is 0.287 e. The lowest BCUT2D eigenvalue weighted by Gasteiger charge is -2.29. The Kier molecular flexibility index (Phi) is 3.51. The van der Waals surface area contributed by atoms with Crippen molar-refractivity contribution in [3.8, 4) is 0 Å². The van der Waals surface area contributed by atoms with Crippen molar-refractivity contribution in [3.05, 3.63) is 22.6 Å². The van der Waals surface area contributed by atoms with Crippen LogP contribution in [0.3, 0.4) is 0 Å². The van der Waals surface area contributed by atoms with Crippen molar-refractivity contribution in [3.63, 3.8) is 0 Å². The van der Waals surface area contributed by atoms with Gasteiger partial charge in [-0.25, -0.2) is 0 Å². The number of rotatable bonds is 2. The zero-order valence-electron chi connectivity index (χ0n) is 9.40. The molecule has 0 spiro atoms. The van der Waals surface area contributed by atoms with Crippen LogP contribution in [0.5, 0.6) is 0 Å². The lowest BCUT2D eigenvalue weighted by atomic mass is 10.1. The number of nitrogens with one attached hydrogen (secondary N) is 1. The van der Waals surface area contributed by atoms with E-state index >= 15 is 0 Å². The number of carbonyl (C=O) groups excluding carboxylic acids is 2. The summed E-state index contributed by atoms with van der Waals surface area (Å²) in [4.78, 5) is 24.7. The van der Waals surface area contributed by atoms with Gasteiger partial charge in [-0.15, -0.1) is 0 Å². The van der Waals surface area contributed by atoms with Gasteiger partial charge in [0.15, 0.2) is 10.4 Å². The quantitative estimate of drug-likeness (QED) is 0.898. The monoisotopic (exact) mass is 300 g/mol. The van der Waals surface area contributed by atoms with Crippen LogP contribution in [-0.4, -0.2) is 36.3 Å². The molecular weight excluding hydrogens is 288 g/mol. The molecule has 17 heavy (non-hydrogen) atoms. The minimum Gasteiger partial charge on any atom is -0.444 e. The number of amides is 2. The van der Waals surface area contributed by atoms with Gasteiger partial charge in [-0.3, -0.25) is 9.59 Å². The Morgan fingerprint density at radius 1 is 1.59 bits per heavy atom. The fraction of sp³-hybridized carbons (Fsp3) is 0.455. The van der Waals surface area contributed by atoms with Gasteiger partial charge in [0, 0.05) is 26.1 Å². The number of piperidine rings is 1. The fourth-order valence-electron chi connectivity index (χ4n) is 1.82. The second-order valence-corrected chi connectivity index (χ2v) is 4.87. The van der Waals surface area contributed by atoms with Gasteiger partial charge in [-0.1, -0.05) is 0 Å². The maximum atomic E-state index is 11.8. The predicted molar refractivity (Wildman–Crippen MR) is 64.5 cm³/mol. The topological polar surface area (TPSA) is 62.6 Å². The number of furan rings is 1. The number of nitrogens with zero attached hydrogens (tertiary/aromatic N) is 1. The number of hydrogen-bond donors (Lipinski definition) is 1. The molecule has 6 heteroatoms. The first-order valence-electron chi connectivity index (χ1n) is 5.36. The van der Waals surface area contributed by atoms with E-state index in [9.17, 15) is 9.59 Å². The van der Waals surface area contributed by atoms with Crippen molar-refractivity contribution in [2.45, 2.75) is 18.9 Å². The third-order valence-electron chi connectivity index (χ3n) is 2.76. The number of carbonyl (C=O) groups is 2. The average molecular weight is 301 g/mol. The molecule has 1 aromatic heterocycles. The molecule has 0 bridgehead atoms. The summed E-state index contributed by atoms with van der Waals surface area (Å²) in [6.07, 6.45) is 1.15. The largest absolute Gasteiger partial charge is 0.444 e. The molecule has 0 aromatic carbocycles. The summed E-state index contributed by atoms with van der Waals surface area (Å²) >= 11 is 3.14. The molecule has 5 nitrogen and oxygen atoms in total. The normalized spacial score (nSPS) is 20.5. The molecule has 1 saturated heterocycles. The second-order valence-electron chi connectivity index (χ2n) is 4.09. The maximum absolute atomic E-state index is 11.8. The van der Waals surface area contributed by atoms with Gasteiger partial charge in [-0.05, 0) is 34.5 Å². The summed E-state index contributed by atoms with van der Waals surface area (Å²) in [7, 11) is 1.74. The lowest BCUT2D eigenvalue weighted by molar-refractivity contribution is -0.132. The van der Waals surface area contributed by atoms with Gasteiger partial charge in [0.25, 0.3) is 5.91 Å². The van der Waals surface area contributed by atoms with Crippen molar-refractivity contribution >= 4 is 27.7 Å². The van der Waals surface area contributed by atoms with Crippen molar-refractivity contribution < 1.29 is 14.0 Å². The summed E-state index contributed by atoms with van der Waals surface area (Å²) in [5.41, 5.74) is 0. The van der Waals surface area contributed by atoms with Gasteiger partial charge in [0.1, 0.15) is 0 Å². The van der Waals surface area contributed by atoms with E-state index in [1.807, 2.05) is 0 Å². The number of likely N-dealkylation sites (N-methyl/N-ethyl adjacent to an activating group) is 1. The summed E-state index contributed by atoms with van der Waals surface area (Å²) in [6.45, 7) is 0.548. The Labute approximate surface area is 107 Å². The SMILES string of the molecule is CN1CC(NC(=O)c2ccc(Br)o2)CCC1=O. The van der Waals surface area contributed by atoms with Crippen LogP contribution in [0, 0.1) is 0 Å². The highest BCUT2D eigenvalue weighted by molar-refractivity contribution is 9.10. The van der Waals surface area contributed by atoms with E-state index < -0.39 is 0 Å². The van der Waals surface area contributed by atoms with Crippen LogP contribution in [0.25, 0.3) is 0 Å². The molecule has 1 unspecified atom stereocenters. The molecule has 2 heterocycles. The second kappa shape index (κ2) is 4.91. The Hall–Kier alpha value is -1.30. The molecule has 1 fully saturated rings. The third-order valence-corrected chi connectivity index (χ3v) is 3.19. The minimum atomic E-state index is -0.247. The van der Waals surface area contributed by atoms with E-state index in [1.165, 1.54) is 0 Å². The molecule has 1 aromatic rings. The fourth-order valence-corrected chi connectivity index (χ4v) is 2.13. The maximum Gasteiger partial charge on any atom is 0.287 e. The predicted octanol–water partition coefficient (Wildman–Crippen LogP) is 1.39. The Balaban J connectivity index is 1.93. The van der Waals surface area contributed by atoms with Gasteiger partial charge < -0.3 is 14.6 Å². The van der Waals surface area contributed by atoms with Gasteiger partial charge in [-0.2, -0.15) is 0 Å². The van der Waals surface area contributed by atoms with Crippen LogP contribution in [-0.2, 0) is 4.79 Å². The van der Waals surface area contributed by atoms with Crippen LogP contribution >= 0.6 is 15.9 Å². The summed E-state index contributed by atoms with van der Waals surface area (Å²) in [6, 6.07) is 3.27. The van der Waals surface area contributed by atoms with Gasteiger partial charge in [0.2, 0.25) is 5.91 Å². The van der Waals surface area contributed by atoms with E-state index in [0.717, 1.165) is 0 Å². The summed E-state index contributed by atoms with van der Waals surface area (Å²) in [5.74, 6) is 0.149. The highest BCUT2D eigenvalue weighted by Crippen LogP contribution is 2.15. The average Bonchev–Trinajstić information content (AvgIpc) is 2.70. The van der Waals surface area contributed by atoms with E-state index in [2.05, 4.69) is 21.2 Å². The first-order chi connectivity index (χ1) is 8.06. The van der Waals surface area contributed by atoms with Crippen LogP contribution in [0.15, 0.2) is 21.2 Å². The van der Waals surface area contributed by atoms with Crippen LogP contribution < -0.4 is 5.32 Å². The number of hydrogen-bond acceptors (Lipinski definition) is 3. The van der Waals surface area contributed by atoms with E-state index in [0.29, 0.717) is 24.1 Å². The summed E-state index contributed by atoms with van der Waals surface area (Å²) in [5, 5.41) is 2.85. The molecule has 0 saturated carbocycles. The van der Waals surface area contributed by atoms with E-state index in [-0.39, 0.29) is 23.6 Å². The van der Waals surface area contributed by atoms with Crippen molar-refractivity contribution in [2.24, 2.45) is 0 Å². The first kappa shape index (κ1) is 12.2. The van der Waals surface area contributed by atoms with Gasteiger partial charge in [0.05, 0.1) is 0 Å². The molecule has 1 aliphatic rings. The molecule has 2 amide bonds. The van der Waals surface area contributed by atoms with Crippen molar-refractivity contribution in [1.29, 1.82) is 0 Å². The highest BCUT2D eigenvalue weighted by Gasteiger charge is 2.25. The molecule has 0 aliphatic carbocycles. The van der Waals surface area contributed by atoms with Crippen LogP contribution in [0.4, 0.5) is 0 Å². The number of halogens is 1. The van der Waals surface area contributed by atoms with E-state index in [1.54, 1.807) is 24.1 Å². The highest BCUT2D eigenvalue weighted by atomic mass is 79.9. The molecular formula is C11H13BrN2O3. The zero-order chi connectivity index (χ0) is 12.4. The molecule has 2 rings (SSSR count). The van der Waals surface area contributed by atoms with E-state index in [4.69, 9.17) is 4.42 Å². The van der Waals surface area contributed by atoms with Crippen LogP contribution in [0.1, 0.15) is 23.4 Å². The third kappa shape index (κ3) is 2.88. The summed E-state index contributed by atoms with van der Waals surface area (Å²) < 4.78 is 5.69. The Bertz CT molecular complexity index is 444. The lowest BCUT2D eigenvalue weighted by Crippen LogP contribution is -2.48. The molecule has 1 aliphatic heterocycles. The minimum absolute atomic E-state index is 0.00549. The van der Waals surface area contributed by atoms with Gasteiger partial charge >= 0.3 is 0 Å². The molecule has 1 N–H and O–H groups in total. The molecule has 92 valence electrons. The zero-order valence-corrected chi connectivity index (χ0v) is 11.0. The molecule has 1 atom stereocenters. The number of likely N-dealkylation sites (tertiary alicyclic amines) is 1. The Morgan fingerprint density at radius 3 is 2.94 bits per heavy atom. The molecule has 0 radical (unpaired) electrons. The Morgan fingerprint density at radius 2 is 2.35 bits per heavy atom. The standard InChI is InChI=1S/C11H13BrN2O3/c1-14-6-7(2-5-10(14)15)13-11(16)8-3-4-9(12)17-8/h3-4,7H,2,5-6H2,1H3,(H,13,16). The first-order valence-corrected chi connectivity index (χ1v) is 6.15.